The van der Waals surface area contributed by atoms with E-state index in [2.05, 4.69) is 5.32 Å². The second kappa shape index (κ2) is 6.39. The summed E-state index contributed by atoms with van der Waals surface area (Å²) in [6, 6.07) is 11.3. The molecule has 5 heteroatoms. The first-order valence-corrected chi connectivity index (χ1v) is 6.52. The summed E-state index contributed by atoms with van der Waals surface area (Å²) < 4.78 is 13.0. The van der Waals surface area contributed by atoms with Crippen molar-refractivity contribution in [1.29, 1.82) is 0 Å². The number of nitrogens with two attached hydrogens (primary N) is 1. The molecule has 3 nitrogen and oxygen atoms in total. The highest BCUT2D eigenvalue weighted by atomic mass is 35.5. The van der Waals surface area contributed by atoms with Crippen LogP contribution >= 0.6 is 11.6 Å². The Bertz CT molecular complexity index is 614. The molecule has 0 aliphatic rings. The van der Waals surface area contributed by atoms with Crippen LogP contribution in [0.3, 0.4) is 0 Å². The van der Waals surface area contributed by atoms with Gasteiger partial charge in [-0.2, -0.15) is 0 Å². The van der Waals surface area contributed by atoms with Gasteiger partial charge in [0.15, 0.2) is 0 Å². The van der Waals surface area contributed by atoms with Crippen molar-refractivity contribution in [2.45, 2.75) is 6.42 Å². The van der Waals surface area contributed by atoms with Crippen molar-refractivity contribution >= 4 is 23.2 Å². The number of halogens is 2. The lowest BCUT2D eigenvalue weighted by Crippen LogP contribution is -2.25. The van der Waals surface area contributed by atoms with E-state index in [-0.39, 0.29) is 11.6 Å². The first kappa shape index (κ1) is 14.3. The van der Waals surface area contributed by atoms with Gasteiger partial charge in [0, 0.05) is 17.1 Å². The van der Waals surface area contributed by atoms with Crippen molar-refractivity contribution in [3.05, 3.63) is 64.4 Å². The van der Waals surface area contributed by atoms with E-state index in [1.54, 1.807) is 12.1 Å². The van der Waals surface area contributed by atoms with E-state index in [4.69, 9.17) is 17.3 Å². The van der Waals surface area contributed by atoms with Gasteiger partial charge in [0.2, 0.25) is 0 Å². The zero-order valence-electron chi connectivity index (χ0n) is 10.7. The Hall–Kier alpha value is -2.07. The fourth-order valence-corrected chi connectivity index (χ4v) is 1.88. The molecular formula is C15H14ClFN2O. The SMILES string of the molecule is Nc1cc(C(=O)NCCc2ccc(Cl)cc2)ccc1F. The van der Waals surface area contributed by atoms with Crippen LogP contribution in [0.25, 0.3) is 0 Å². The van der Waals surface area contributed by atoms with Gasteiger partial charge in [-0.25, -0.2) is 4.39 Å². The average molecular weight is 293 g/mol. The number of hydrogen-bond acceptors (Lipinski definition) is 2. The molecule has 0 aromatic heterocycles. The average Bonchev–Trinajstić information content (AvgIpc) is 2.44. The van der Waals surface area contributed by atoms with E-state index in [0.29, 0.717) is 23.6 Å². The highest BCUT2D eigenvalue weighted by molar-refractivity contribution is 6.30. The van der Waals surface area contributed by atoms with Crippen LogP contribution in [0.5, 0.6) is 0 Å². The summed E-state index contributed by atoms with van der Waals surface area (Å²) >= 11 is 5.79. The van der Waals surface area contributed by atoms with Gasteiger partial charge in [0.25, 0.3) is 5.91 Å². The molecule has 0 saturated heterocycles. The Balaban J connectivity index is 1.88. The fourth-order valence-electron chi connectivity index (χ4n) is 1.76. The van der Waals surface area contributed by atoms with Gasteiger partial charge in [-0.05, 0) is 42.3 Å². The number of benzene rings is 2. The summed E-state index contributed by atoms with van der Waals surface area (Å²) in [5.74, 6) is -0.798. The van der Waals surface area contributed by atoms with Crippen LogP contribution in [0.15, 0.2) is 42.5 Å². The Labute approximate surface area is 121 Å². The molecule has 2 aromatic carbocycles. The van der Waals surface area contributed by atoms with Crippen LogP contribution < -0.4 is 11.1 Å². The van der Waals surface area contributed by atoms with Crippen molar-refractivity contribution in [2.75, 3.05) is 12.3 Å². The van der Waals surface area contributed by atoms with Gasteiger partial charge in [0.05, 0.1) is 5.69 Å². The number of amides is 1. The minimum Gasteiger partial charge on any atom is -0.396 e. The molecule has 0 bridgehead atoms. The molecule has 2 aromatic rings. The molecule has 0 aliphatic carbocycles. The summed E-state index contributed by atoms with van der Waals surface area (Å²) in [6.07, 6.45) is 0.694. The molecule has 0 unspecified atom stereocenters. The molecule has 104 valence electrons. The van der Waals surface area contributed by atoms with Crippen LogP contribution in [0.4, 0.5) is 10.1 Å². The second-order valence-electron chi connectivity index (χ2n) is 4.37. The molecule has 0 heterocycles. The van der Waals surface area contributed by atoms with E-state index in [0.717, 1.165) is 5.56 Å². The number of carbonyl (C=O) groups excluding carboxylic acids is 1. The Morgan fingerprint density at radius 1 is 1.20 bits per heavy atom. The van der Waals surface area contributed by atoms with E-state index in [1.807, 2.05) is 12.1 Å². The predicted octanol–water partition coefficient (Wildman–Crippen LogP) is 3.03. The largest absolute Gasteiger partial charge is 0.396 e. The number of nitrogen functional groups attached to an aromatic ring is 1. The maximum absolute atomic E-state index is 13.0. The van der Waals surface area contributed by atoms with Crippen molar-refractivity contribution in [3.63, 3.8) is 0 Å². The van der Waals surface area contributed by atoms with Crippen LogP contribution in [0.2, 0.25) is 5.02 Å². The van der Waals surface area contributed by atoms with Gasteiger partial charge in [-0.15, -0.1) is 0 Å². The lowest BCUT2D eigenvalue weighted by atomic mass is 10.1. The molecule has 2 rings (SSSR count). The number of anilines is 1. The number of rotatable bonds is 4. The Morgan fingerprint density at radius 2 is 1.90 bits per heavy atom. The molecule has 20 heavy (non-hydrogen) atoms. The van der Waals surface area contributed by atoms with E-state index in [9.17, 15) is 9.18 Å². The molecule has 0 saturated carbocycles. The third kappa shape index (κ3) is 3.71. The highest BCUT2D eigenvalue weighted by Crippen LogP contribution is 2.12. The van der Waals surface area contributed by atoms with Gasteiger partial charge in [-0.3, -0.25) is 4.79 Å². The molecule has 0 spiro atoms. The molecule has 0 aliphatic heterocycles. The molecular weight excluding hydrogens is 279 g/mol. The third-order valence-electron chi connectivity index (χ3n) is 2.87. The number of carbonyl (C=O) groups is 1. The van der Waals surface area contributed by atoms with Gasteiger partial charge < -0.3 is 11.1 Å². The summed E-state index contributed by atoms with van der Waals surface area (Å²) in [7, 11) is 0. The van der Waals surface area contributed by atoms with Crippen LogP contribution in [-0.2, 0) is 6.42 Å². The zero-order valence-corrected chi connectivity index (χ0v) is 11.5. The van der Waals surface area contributed by atoms with Crippen molar-refractivity contribution in [1.82, 2.24) is 5.32 Å². The highest BCUT2D eigenvalue weighted by Gasteiger charge is 2.07. The first-order valence-electron chi connectivity index (χ1n) is 6.14. The normalized spacial score (nSPS) is 10.3. The van der Waals surface area contributed by atoms with E-state index >= 15 is 0 Å². The summed E-state index contributed by atoms with van der Waals surface area (Å²) in [5, 5.41) is 3.44. The van der Waals surface area contributed by atoms with Crippen molar-refractivity contribution in [2.24, 2.45) is 0 Å². The van der Waals surface area contributed by atoms with Crippen molar-refractivity contribution < 1.29 is 9.18 Å². The number of nitrogens with one attached hydrogen (secondary N) is 1. The Morgan fingerprint density at radius 3 is 2.55 bits per heavy atom. The monoisotopic (exact) mass is 292 g/mol. The Kier molecular flexibility index (Phi) is 4.58. The van der Waals surface area contributed by atoms with Gasteiger partial charge in [0.1, 0.15) is 5.82 Å². The lowest BCUT2D eigenvalue weighted by molar-refractivity contribution is 0.0954. The van der Waals surface area contributed by atoms with Gasteiger partial charge >= 0.3 is 0 Å². The van der Waals surface area contributed by atoms with Crippen LogP contribution in [0.1, 0.15) is 15.9 Å². The maximum atomic E-state index is 13.0. The molecule has 0 atom stereocenters. The van der Waals surface area contributed by atoms with Crippen LogP contribution in [-0.4, -0.2) is 12.5 Å². The second-order valence-corrected chi connectivity index (χ2v) is 4.81. The molecule has 3 N–H and O–H groups in total. The summed E-state index contributed by atoms with van der Waals surface area (Å²) in [4.78, 5) is 11.8. The third-order valence-corrected chi connectivity index (χ3v) is 3.12. The van der Waals surface area contributed by atoms with Crippen LogP contribution in [0, 0.1) is 5.82 Å². The maximum Gasteiger partial charge on any atom is 0.251 e. The molecule has 1 amide bonds. The quantitative estimate of drug-likeness (QED) is 0.851. The predicted molar refractivity (Wildman–Crippen MR) is 78.3 cm³/mol. The van der Waals surface area contributed by atoms with E-state index < -0.39 is 5.82 Å². The minimum absolute atomic E-state index is 0.0321. The van der Waals surface area contributed by atoms with E-state index in [1.165, 1.54) is 18.2 Å². The molecule has 0 fully saturated rings. The molecule has 0 radical (unpaired) electrons. The van der Waals surface area contributed by atoms with Crippen molar-refractivity contribution in [3.8, 4) is 0 Å². The topological polar surface area (TPSA) is 55.1 Å². The van der Waals surface area contributed by atoms with Gasteiger partial charge in [-0.1, -0.05) is 23.7 Å². The lowest BCUT2D eigenvalue weighted by Gasteiger charge is -2.06. The fraction of sp³-hybridized carbons (Fsp3) is 0.133. The first-order chi connectivity index (χ1) is 9.56. The standard InChI is InChI=1S/C15H14ClFN2O/c16-12-4-1-10(2-5-12)7-8-19-15(20)11-3-6-13(17)14(18)9-11/h1-6,9H,7-8,18H2,(H,19,20). The number of hydrogen-bond donors (Lipinski definition) is 2. The minimum atomic E-state index is -0.525. The zero-order chi connectivity index (χ0) is 14.5. The summed E-state index contributed by atoms with van der Waals surface area (Å²) in [5.41, 5.74) is 6.82. The smallest absolute Gasteiger partial charge is 0.251 e. The summed E-state index contributed by atoms with van der Waals surface area (Å²) in [6.45, 7) is 0.484.